The van der Waals surface area contributed by atoms with Crippen LogP contribution in [0.4, 0.5) is 0 Å². The molecular formula is C4HN11O6. The van der Waals surface area contributed by atoms with Crippen molar-refractivity contribution in [3.63, 3.8) is 0 Å². The average Bonchev–Trinajstić information content (AvgIpc) is 2.88. The Kier molecular flexibility index (Phi) is 3.06. The van der Waals surface area contributed by atoms with Crippen molar-refractivity contribution in [2.75, 3.05) is 0 Å². The molecule has 17 nitrogen and oxygen atoms in total. The monoisotopic (exact) mass is 299 g/mol. The van der Waals surface area contributed by atoms with Crippen molar-refractivity contribution in [3.05, 3.63) is 36.7 Å². The van der Waals surface area contributed by atoms with E-state index in [4.69, 9.17) is 0 Å². The number of hydrogen-bond donors (Lipinski definition) is 0. The summed E-state index contributed by atoms with van der Waals surface area (Å²) in [5.74, 6) is -5.46. The molecule has 0 N–H and O–H groups in total. The maximum absolute atomic E-state index is 10.9. The van der Waals surface area contributed by atoms with Crippen molar-refractivity contribution >= 4 is 0 Å². The lowest BCUT2D eigenvalue weighted by molar-refractivity contribution is -1.01. The number of aromatic nitrogens is 8. The number of tetrazole rings is 1. The predicted octanol–water partition coefficient (Wildman–Crippen LogP) is -2.68. The molecule has 2 rings (SSSR count). The third-order valence-corrected chi connectivity index (χ3v) is 2.10. The van der Waals surface area contributed by atoms with E-state index in [1.165, 1.54) is 0 Å². The summed E-state index contributed by atoms with van der Waals surface area (Å²) in [6, 6.07) is 0. The third-order valence-electron chi connectivity index (χ3n) is 2.10. The van der Waals surface area contributed by atoms with E-state index in [2.05, 4.69) is 35.9 Å². The van der Waals surface area contributed by atoms with Crippen LogP contribution in [0.5, 0.6) is 0 Å². The fourth-order valence-electron chi connectivity index (χ4n) is 1.25. The van der Waals surface area contributed by atoms with Gasteiger partial charge in [0.25, 0.3) is 0 Å². The Morgan fingerprint density at radius 1 is 0.952 bits per heavy atom. The van der Waals surface area contributed by atoms with Gasteiger partial charge in [-0.25, -0.2) is 0 Å². The standard InChI is InChI=1S/C4HN11O6/c16-13(17)4(14(18)19,15(20)21)12-3(9-10-11-12)2-7-5-1-6-8-2/h1H. The summed E-state index contributed by atoms with van der Waals surface area (Å²) >= 11 is 0. The Labute approximate surface area is 111 Å². The highest BCUT2D eigenvalue weighted by Crippen LogP contribution is 2.22. The minimum atomic E-state index is -4.07. The molecule has 0 atom stereocenters. The molecule has 2 aromatic heterocycles. The second-order valence-electron chi connectivity index (χ2n) is 3.16. The molecule has 2 aromatic rings. The summed E-state index contributed by atoms with van der Waals surface area (Å²) in [5, 5.41) is 54.9. The minimum absolute atomic E-state index is 0.244. The van der Waals surface area contributed by atoms with Gasteiger partial charge in [0.15, 0.2) is 6.33 Å². The highest BCUT2D eigenvalue weighted by Gasteiger charge is 2.76. The van der Waals surface area contributed by atoms with Crippen LogP contribution in [0.25, 0.3) is 11.6 Å². The summed E-state index contributed by atoms with van der Waals surface area (Å²) in [4.78, 5) is 27.5. The largest absolute Gasteiger partial charge is 0.824 e. The molecule has 0 radical (unpaired) electrons. The number of hydrogen-bond acceptors (Lipinski definition) is 13. The van der Waals surface area contributed by atoms with Gasteiger partial charge in [-0.15, -0.1) is 25.5 Å². The smallest absolute Gasteiger partial charge is 0.251 e. The predicted molar refractivity (Wildman–Crippen MR) is 53.4 cm³/mol. The van der Waals surface area contributed by atoms with Crippen LogP contribution in [0.15, 0.2) is 6.33 Å². The van der Waals surface area contributed by atoms with E-state index in [9.17, 15) is 30.3 Å². The molecule has 17 heteroatoms. The first-order valence-electron chi connectivity index (χ1n) is 4.65. The first-order chi connectivity index (χ1) is 9.92. The quantitative estimate of drug-likeness (QED) is 0.311. The molecule has 0 saturated heterocycles. The minimum Gasteiger partial charge on any atom is -0.251 e. The molecular weight excluding hydrogens is 298 g/mol. The second kappa shape index (κ2) is 4.71. The van der Waals surface area contributed by atoms with Crippen molar-refractivity contribution in [3.8, 4) is 11.6 Å². The zero-order valence-corrected chi connectivity index (χ0v) is 9.45. The fourth-order valence-corrected chi connectivity index (χ4v) is 1.25. The van der Waals surface area contributed by atoms with E-state index in [0.29, 0.717) is 0 Å². The van der Waals surface area contributed by atoms with Crippen LogP contribution in [0.1, 0.15) is 0 Å². The molecule has 0 unspecified atom stereocenters. The Morgan fingerprint density at radius 3 is 1.95 bits per heavy atom. The Morgan fingerprint density at radius 2 is 1.48 bits per heavy atom. The van der Waals surface area contributed by atoms with Crippen molar-refractivity contribution in [2.45, 2.75) is 5.91 Å². The lowest BCUT2D eigenvalue weighted by atomic mass is 10.5. The molecule has 0 saturated carbocycles. The Bertz CT molecular complexity index is 674. The highest BCUT2D eigenvalue weighted by atomic mass is 16.7. The molecule has 0 aliphatic heterocycles. The van der Waals surface area contributed by atoms with Gasteiger partial charge in [-0.05, 0) is 15.1 Å². The summed E-state index contributed by atoms with van der Waals surface area (Å²) < 4.78 is -0.244. The van der Waals surface area contributed by atoms with Gasteiger partial charge in [0, 0.05) is 0 Å². The number of nitro groups is 3. The molecule has 0 aliphatic rings. The van der Waals surface area contributed by atoms with E-state index in [1.54, 1.807) is 0 Å². The van der Waals surface area contributed by atoms with E-state index >= 15 is 0 Å². The molecule has 2 heterocycles. The zero-order valence-electron chi connectivity index (χ0n) is 9.45. The SMILES string of the molecule is O=[N+]([O-])C(n1nnnc1-c1nncnn1)([N+](=O)[O-])[N+](=O)[O-]. The van der Waals surface area contributed by atoms with Gasteiger partial charge >= 0.3 is 5.91 Å². The molecule has 0 fully saturated rings. The molecule has 0 aliphatic carbocycles. The summed E-state index contributed by atoms with van der Waals surface area (Å²) in [6.07, 6.45) is 0.888. The normalized spacial score (nSPS) is 11.0. The third kappa shape index (κ3) is 1.84. The molecule has 21 heavy (non-hydrogen) atoms. The number of nitrogens with zero attached hydrogens (tertiary/aromatic N) is 11. The van der Waals surface area contributed by atoms with Crippen molar-refractivity contribution < 1.29 is 14.8 Å². The average molecular weight is 299 g/mol. The van der Waals surface area contributed by atoms with Gasteiger partial charge < -0.3 is 0 Å². The van der Waals surface area contributed by atoms with E-state index in [-0.39, 0.29) is 4.68 Å². The van der Waals surface area contributed by atoms with Crippen LogP contribution >= 0.6 is 0 Å². The van der Waals surface area contributed by atoms with Crippen LogP contribution < -0.4 is 0 Å². The van der Waals surface area contributed by atoms with Gasteiger partial charge in [0.1, 0.15) is 0 Å². The van der Waals surface area contributed by atoms with E-state index < -0.39 is 32.3 Å². The summed E-state index contributed by atoms with van der Waals surface area (Å²) in [6.45, 7) is 0. The fraction of sp³-hybridized carbons (Fsp3) is 0.250. The van der Waals surface area contributed by atoms with E-state index in [0.717, 1.165) is 6.33 Å². The lowest BCUT2D eigenvalue weighted by Gasteiger charge is -2.07. The van der Waals surface area contributed by atoms with Crippen LogP contribution in [0.2, 0.25) is 0 Å². The molecule has 0 aromatic carbocycles. The molecule has 0 spiro atoms. The van der Waals surface area contributed by atoms with Crippen LogP contribution in [0.3, 0.4) is 0 Å². The van der Waals surface area contributed by atoms with Gasteiger partial charge in [0.05, 0.1) is 0 Å². The van der Waals surface area contributed by atoms with Gasteiger partial charge in [-0.3, -0.25) is 30.3 Å². The highest BCUT2D eigenvalue weighted by molar-refractivity contribution is 5.39. The van der Waals surface area contributed by atoms with Gasteiger partial charge in [-0.1, -0.05) is 0 Å². The van der Waals surface area contributed by atoms with Crippen LogP contribution in [-0.2, 0) is 5.91 Å². The zero-order chi connectivity index (χ0) is 15.6. The maximum Gasteiger partial charge on any atom is 0.824 e. The molecule has 0 bridgehead atoms. The lowest BCUT2D eigenvalue weighted by Crippen LogP contribution is -2.56. The maximum atomic E-state index is 10.9. The first-order valence-corrected chi connectivity index (χ1v) is 4.65. The van der Waals surface area contributed by atoms with E-state index in [1.807, 2.05) is 0 Å². The summed E-state index contributed by atoms with van der Waals surface area (Å²) in [5.41, 5.74) is 0. The topological polar surface area (TPSA) is 225 Å². The van der Waals surface area contributed by atoms with Crippen molar-refractivity contribution in [2.24, 2.45) is 0 Å². The summed E-state index contributed by atoms with van der Waals surface area (Å²) in [7, 11) is 0. The van der Waals surface area contributed by atoms with Gasteiger partial charge in [-0.2, -0.15) is 0 Å². The van der Waals surface area contributed by atoms with Crippen LogP contribution in [-0.4, -0.2) is 55.4 Å². The second-order valence-corrected chi connectivity index (χ2v) is 3.16. The Hall–Kier alpha value is -3.79. The molecule has 108 valence electrons. The molecule has 0 amide bonds. The van der Waals surface area contributed by atoms with Gasteiger partial charge in [0.2, 0.25) is 26.4 Å². The first kappa shape index (κ1) is 13.6. The number of rotatable bonds is 5. The van der Waals surface area contributed by atoms with Crippen molar-refractivity contribution in [1.82, 2.24) is 40.6 Å². The Balaban J connectivity index is 2.75. The van der Waals surface area contributed by atoms with Crippen LogP contribution in [0, 0.1) is 30.3 Å². The van der Waals surface area contributed by atoms with Crippen molar-refractivity contribution in [1.29, 1.82) is 0 Å².